The highest BCUT2D eigenvalue weighted by Crippen LogP contribution is 2.56. The second kappa shape index (κ2) is 11.2. The van der Waals surface area contributed by atoms with Crippen molar-refractivity contribution in [1.29, 1.82) is 0 Å². The van der Waals surface area contributed by atoms with Gasteiger partial charge in [0.1, 0.15) is 11.7 Å². The number of ether oxygens (including phenoxy) is 1. The number of aromatic nitrogens is 1. The molecule has 216 valence electrons. The van der Waals surface area contributed by atoms with E-state index >= 15 is 0 Å². The summed E-state index contributed by atoms with van der Waals surface area (Å²) in [6, 6.07) is 10.2. The van der Waals surface area contributed by atoms with E-state index in [1.165, 1.54) is 16.5 Å². The Morgan fingerprint density at radius 2 is 1.64 bits per heavy atom. The molecular formula is C33H50N2O3S. The Kier molecular flexibility index (Phi) is 8.94. The number of anilines is 1. The van der Waals surface area contributed by atoms with E-state index in [-0.39, 0.29) is 4.75 Å². The van der Waals surface area contributed by atoms with Gasteiger partial charge in [-0.3, -0.25) is 5.32 Å². The fourth-order valence-electron chi connectivity index (χ4n) is 5.24. The monoisotopic (exact) mass is 554 g/mol. The normalized spacial score (nSPS) is 14.1. The molecule has 1 amide bonds. The summed E-state index contributed by atoms with van der Waals surface area (Å²) < 4.78 is 8.27. The van der Waals surface area contributed by atoms with Crippen molar-refractivity contribution >= 4 is 32.9 Å². The first-order chi connectivity index (χ1) is 17.9. The van der Waals surface area contributed by atoms with Crippen molar-refractivity contribution < 1.29 is 14.6 Å². The number of carbonyl (C=O) groups is 1. The standard InChI is InChI=1S/C33H50N2O3S/c1-13-16-33(9,10)38-31(37)34-25-17-22(4)29(23(5)18-25)30(36)24-14-15-28-26(19-24)27(21(2)3)20-35(28)39(11,12)32(6,7)8/h14-15,17-21,30,36H,13,16H2,1-12H3,(H,34,37). The molecule has 1 unspecified atom stereocenters. The summed E-state index contributed by atoms with van der Waals surface area (Å²) >= 11 is 0. The molecule has 0 aliphatic carbocycles. The molecule has 1 atom stereocenters. The highest BCUT2D eigenvalue weighted by molar-refractivity contribution is 8.32. The predicted molar refractivity (Wildman–Crippen MR) is 170 cm³/mol. The van der Waals surface area contributed by atoms with Crippen LogP contribution in [0.1, 0.15) is 108 Å². The first-order valence-corrected chi connectivity index (χ1v) is 16.5. The molecule has 0 saturated carbocycles. The molecule has 3 rings (SSSR count). The van der Waals surface area contributed by atoms with Crippen LogP contribution >= 0.6 is 10.2 Å². The van der Waals surface area contributed by atoms with E-state index in [2.05, 4.69) is 87.7 Å². The zero-order valence-electron chi connectivity index (χ0n) is 26.2. The maximum Gasteiger partial charge on any atom is 0.412 e. The first kappa shape index (κ1) is 31.1. The molecule has 0 spiro atoms. The maximum atomic E-state index is 12.5. The molecule has 2 aromatic carbocycles. The summed E-state index contributed by atoms with van der Waals surface area (Å²) in [5, 5.41) is 15.7. The lowest BCUT2D eigenvalue weighted by Crippen LogP contribution is -2.30. The van der Waals surface area contributed by atoms with Crippen LogP contribution in [0.3, 0.4) is 0 Å². The van der Waals surface area contributed by atoms with E-state index in [9.17, 15) is 9.90 Å². The van der Waals surface area contributed by atoms with Crippen LogP contribution in [-0.4, -0.2) is 38.0 Å². The van der Waals surface area contributed by atoms with Gasteiger partial charge in [0, 0.05) is 22.0 Å². The molecule has 0 aliphatic rings. The van der Waals surface area contributed by atoms with Gasteiger partial charge in [-0.15, -0.1) is 0 Å². The number of amides is 1. The van der Waals surface area contributed by atoms with E-state index in [4.69, 9.17) is 4.74 Å². The van der Waals surface area contributed by atoms with Crippen LogP contribution in [0.5, 0.6) is 0 Å². The fourth-order valence-corrected chi connectivity index (χ4v) is 6.86. The number of aliphatic hydroxyl groups excluding tert-OH is 1. The molecule has 5 nitrogen and oxygen atoms in total. The number of nitrogens with zero attached hydrogens (tertiary/aromatic N) is 1. The van der Waals surface area contributed by atoms with Crippen LogP contribution in [0.25, 0.3) is 10.9 Å². The highest BCUT2D eigenvalue weighted by atomic mass is 32.3. The third-order valence-electron chi connectivity index (χ3n) is 8.09. The average Bonchev–Trinajstić information content (AvgIpc) is 3.17. The average molecular weight is 555 g/mol. The third-order valence-corrected chi connectivity index (χ3v) is 12.4. The van der Waals surface area contributed by atoms with Gasteiger partial charge in [-0.05, 0) is 105 Å². The molecular weight excluding hydrogens is 504 g/mol. The first-order valence-electron chi connectivity index (χ1n) is 14.1. The summed E-state index contributed by atoms with van der Waals surface area (Å²) in [6.45, 7) is 21.3. The van der Waals surface area contributed by atoms with Crippen molar-refractivity contribution in [1.82, 2.24) is 3.97 Å². The van der Waals surface area contributed by atoms with Gasteiger partial charge in [0.25, 0.3) is 0 Å². The number of nitrogens with one attached hydrogen (secondary N) is 1. The van der Waals surface area contributed by atoms with Gasteiger partial charge in [0.15, 0.2) is 0 Å². The van der Waals surface area contributed by atoms with Gasteiger partial charge >= 0.3 is 6.09 Å². The van der Waals surface area contributed by atoms with E-state index in [0.29, 0.717) is 11.6 Å². The molecule has 2 N–H and O–H groups in total. The minimum Gasteiger partial charge on any atom is -0.443 e. The number of fused-ring (bicyclic) bond motifs is 1. The molecule has 0 radical (unpaired) electrons. The number of aryl methyl sites for hydroxylation is 2. The Morgan fingerprint density at radius 1 is 1.05 bits per heavy atom. The van der Waals surface area contributed by atoms with Crippen LogP contribution < -0.4 is 5.32 Å². The van der Waals surface area contributed by atoms with Crippen LogP contribution in [0.15, 0.2) is 36.5 Å². The summed E-state index contributed by atoms with van der Waals surface area (Å²) in [5.41, 5.74) is 6.26. The predicted octanol–water partition coefficient (Wildman–Crippen LogP) is 9.22. The van der Waals surface area contributed by atoms with Gasteiger partial charge < -0.3 is 13.8 Å². The second-order valence-electron chi connectivity index (χ2n) is 13.2. The van der Waals surface area contributed by atoms with Gasteiger partial charge in [-0.25, -0.2) is 4.79 Å². The minimum absolute atomic E-state index is 0.146. The lowest BCUT2D eigenvalue weighted by atomic mass is 9.91. The van der Waals surface area contributed by atoms with Crippen LogP contribution in [-0.2, 0) is 4.74 Å². The Hall–Kier alpha value is -2.44. The quantitative estimate of drug-likeness (QED) is 0.292. The molecule has 39 heavy (non-hydrogen) atoms. The van der Waals surface area contributed by atoms with Crippen LogP contribution in [0.2, 0.25) is 0 Å². The van der Waals surface area contributed by atoms with Gasteiger partial charge in [-0.2, -0.15) is 10.2 Å². The molecule has 0 aliphatic heterocycles. The van der Waals surface area contributed by atoms with E-state index in [0.717, 1.165) is 35.1 Å². The second-order valence-corrected chi connectivity index (χ2v) is 17.3. The lowest BCUT2D eigenvalue weighted by molar-refractivity contribution is 0.0419. The summed E-state index contributed by atoms with van der Waals surface area (Å²) in [4.78, 5) is 12.5. The summed E-state index contributed by atoms with van der Waals surface area (Å²) in [5.74, 6) is 0.368. The van der Waals surface area contributed by atoms with Crippen molar-refractivity contribution in [3.63, 3.8) is 0 Å². The molecule has 1 heterocycles. The maximum absolute atomic E-state index is 12.5. The SMILES string of the molecule is CCCC(C)(C)OC(=O)Nc1cc(C)c(C(O)c2ccc3c(c2)c(C(C)C)cn3S(C)(C)C(C)(C)C)c(C)c1. The smallest absolute Gasteiger partial charge is 0.412 e. The number of aliphatic hydroxyl groups is 1. The van der Waals surface area contributed by atoms with Crippen molar-refractivity contribution in [2.75, 3.05) is 17.8 Å². The molecule has 3 aromatic rings. The van der Waals surface area contributed by atoms with Crippen molar-refractivity contribution in [3.8, 4) is 0 Å². The van der Waals surface area contributed by atoms with Crippen LogP contribution in [0.4, 0.5) is 10.5 Å². The molecule has 0 saturated heterocycles. The molecule has 0 fully saturated rings. The Balaban J connectivity index is 1.98. The number of hydrogen-bond acceptors (Lipinski definition) is 3. The Morgan fingerprint density at radius 3 is 2.15 bits per heavy atom. The van der Waals surface area contributed by atoms with Crippen molar-refractivity contribution in [2.45, 2.75) is 104 Å². The topological polar surface area (TPSA) is 63.5 Å². The number of rotatable bonds is 8. The van der Waals surface area contributed by atoms with E-state index in [1.54, 1.807) is 0 Å². The number of benzene rings is 2. The van der Waals surface area contributed by atoms with Gasteiger partial charge in [0.05, 0.1) is 5.52 Å². The van der Waals surface area contributed by atoms with Gasteiger partial charge in [-0.1, -0.05) is 54.0 Å². The van der Waals surface area contributed by atoms with Crippen LogP contribution in [0, 0.1) is 13.8 Å². The zero-order valence-corrected chi connectivity index (χ0v) is 27.0. The minimum atomic E-state index is -1.13. The lowest BCUT2D eigenvalue weighted by Gasteiger charge is -2.46. The third kappa shape index (κ3) is 6.49. The van der Waals surface area contributed by atoms with Crippen molar-refractivity contribution in [2.24, 2.45) is 0 Å². The largest absolute Gasteiger partial charge is 0.443 e. The fraction of sp³-hybridized carbons (Fsp3) is 0.545. The number of hydrogen-bond donors (Lipinski definition) is 2. The summed E-state index contributed by atoms with van der Waals surface area (Å²) in [6.07, 6.45) is 7.59. The van der Waals surface area contributed by atoms with E-state index < -0.39 is 28.0 Å². The van der Waals surface area contributed by atoms with Crippen molar-refractivity contribution in [3.05, 3.63) is 64.3 Å². The molecule has 0 bridgehead atoms. The molecule has 6 heteroatoms. The molecule has 1 aromatic heterocycles. The highest BCUT2D eigenvalue weighted by Gasteiger charge is 2.32. The number of carbonyl (C=O) groups excluding carboxylic acids is 1. The van der Waals surface area contributed by atoms with Gasteiger partial charge in [0.2, 0.25) is 0 Å². The summed E-state index contributed by atoms with van der Waals surface area (Å²) in [7, 11) is -1.13. The van der Waals surface area contributed by atoms with E-state index in [1.807, 2.05) is 39.8 Å². The Bertz CT molecular complexity index is 1320. The zero-order chi connectivity index (χ0) is 29.5. The Labute approximate surface area is 237 Å².